The highest BCUT2D eigenvalue weighted by Gasteiger charge is 2.20. The molecule has 1 N–H and O–H groups in total. The summed E-state index contributed by atoms with van der Waals surface area (Å²) in [6, 6.07) is 9.66. The number of piperidine rings is 1. The van der Waals surface area contributed by atoms with Gasteiger partial charge in [0.1, 0.15) is 5.69 Å². The van der Waals surface area contributed by atoms with E-state index < -0.39 is 0 Å². The van der Waals surface area contributed by atoms with Crippen molar-refractivity contribution in [3.63, 3.8) is 0 Å². The van der Waals surface area contributed by atoms with E-state index >= 15 is 0 Å². The number of aryl methyl sites for hydroxylation is 2. The van der Waals surface area contributed by atoms with Crippen LogP contribution in [0, 0.1) is 12.8 Å². The van der Waals surface area contributed by atoms with Crippen molar-refractivity contribution in [2.45, 2.75) is 40.0 Å². The van der Waals surface area contributed by atoms with E-state index in [-0.39, 0.29) is 5.91 Å². The van der Waals surface area contributed by atoms with Crippen molar-refractivity contribution in [1.29, 1.82) is 0 Å². The molecule has 1 aliphatic heterocycles. The van der Waals surface area contributed by atoms with Gasteiger partial charge in [-0.05, 0) is 55.9 Å². The van der Waals surface area contributed by atoms with Gasteiger partial charge in [0.25, 0.3) is 5.91 Å². The van der Waals surface area contributed by atoms with Crippen molar-refractivity contribution >= 4 is 17.5 Å². The zero-order chi connectivity index (χ0) is 17.8. The molecule has 0 radical (unpaired) electrons. The zero-order valence-electron chi connectivity index (χ0n) is 15.2. The number of hydrogen-bond donors (Lipinski definition) is 1. The van der Waals surface area contributed by atoms with Gasteiger partial charge in [0, 0.05) is 24.5 Å². The lowest BCUT2D eigenvalue weighted by atomic mass is 10.0. The largest absolute Gasteiger partial charge is 0.341 e. The summed E-state index contributed by atoms with van der Waals surface area (Å²) < 4.78 is 0. The first kappa shape index (κ1) is 17.4. The minimum atomic E-state index is -0.193. The van der Waals surface area contributed by atoms with Gasteiger partial charge in [-0.2, -0.15) is 0 Å². The predicted octanol–water partition coefficient (Wildman–Crippen LogP) is 3.84. The third-order valence-electron chi connectivity index (χ3n) is 4.63. The monoisotopic (exact) mass is 338 g/mol. The summed E-state index contributed by atoms with van der Waals surface area (Å²) in [6.45, 7) is 8.16. The Kier molecular flexibility index (Phi) is 5.31. The molecule has 1 amide bonds. The maximum atomic E-state index is 12.6. The standard InChI is InChI=1S/C20H26N4O/c1-4-16-7-9-17(10-8-16)22-19(25)18-12-15(3)21-20(23-18)24-11-5-6-14(2)13-24/h7-10,12,14H,4-6,11,13H2,1-3H3,(H,22,25). The smallest absolute Gasteiger partial charge is 0.274 e. The van der Waals surface area contributed by atoms with Crippen molar-refractivity contribution in [3.8, 4) is 0 Å². The van der Waals surface area contributed by atoms with Gasteiger partial charge in [-0.25, -0.2) is 9.97 Å². The first-order valence-corrected chi connectivity index (χ1v) is 9.06. The van der Waals surface area contributed by atoms with Gasteiger partial charge in [0.15, 0.2) is 0 Å². The molecule has 5 heteroatoms. The Labute approximate surface area is 149 Å². The summed E-state index contributed by atoms with van der Waals surface area (Å²) in [6.07, 6.45) is 3.37. The maximum absolute atomic E-state index is 12.6. The molecule has 1 unspecified atom stereocenters. The van der Waals surface area contributed by atoms with Gasteiger partial charge in [-0.15, -0.1) is 0 Å². The van der Waals surface area contributed by atoms with Crippen molar-refractivity contribution in [2.24, 2.45) is 5.92 Å². The molecule has 5 nitrogen and oxygen atoms in total. The second kappa shape index (κ2) is 7.64. The van der Waals surface area contributed by atoms with Crippen LogP contribution in [-0.4, -0.2) is 29.0 Å². The van der Waals surface area contributed by atoms with Crippen LogP contribution in [0.2, 0.25) is 0 Å². The molecule has 0 spiro atoms. The first-order valence-electron chi connectivity index (χ1n) is 9.06. The average Bonchev–Trinajstić information content (AvgIpc) is 2.62. The van der Waals surface area contributed by atoms with E-state index in [9.17, 15) is 4.79 Å². The summed E-state index contributed by atoms with van der Waals surface area (Å²) in [5, 5.41) is 2.93. The molecule has 3 rings (SSSR count). The third-order valence-corrected chi connectivity index (χ3v) is 4.63. The lowest BCUT2D eigenvalue weighted by molar-refractivity contribution is 0.102. The van der Waals surface area contributed by atoms with Gasteiger partial charge >= 0.3 is 0 Å². The Hall–Kier alpha value is -2.43. The van der Waals surface area contributed by atoms with Crippen molar-refractivity contribution < 1.29 is 4.79 Å². The number of nitrogens with zero attached hydrogens (tertiary/aromatic N) is 3. The normalized spacial score (nSPS) is 17.4. The zero-order valence-corrected chi connectivity index (χ0v) is 15.2. The summed E-state index contributed by atoms with van der Waals surface area (Å²) in [5.74, 6) is 1.10. The highest BCUT2D eigenvalue weighted by atomic mass is 16.1. The second-order valence-electron chi connectivity index (χ2n) is 6.89. The highest BCUT2D eigenvalue weighted by Crippen LogP contribution is 2.21. The lowest BCUT2D eigenvalue weighted by Crippen LogP contribution is -2.36. The number of nitrogens with one attached hydrogen (secondary N) is 1. The molecule has 2 aromatic rings. The van der Waals surface area contributed by atoms with Crippen molar-refractivity contribution in [3.05, 3.63) is 47.3 Å². The summed E-state index contributed by atoms with van der Waals surface area (Å²) in [5.41, 5.74) is 3.26. The molecule has 0 aliphatic carbocycles. The van der Waals surface area contributed by atoms with Gasteiger partial charge in [-0.3, -0.25) is 4.79 Å². The summed E-state index contributed by atoms with van der Waals surface area (Å²) in [4.78, 5) is 23.9. The van der Waals surface area contributed by atoms with E-state index in [0.29, 0.717) is 17.6 Å². The lowest BCUT2D eigenvalue weighted by Gasteiger charge is -2.31. The Morgan fingerprint density at radius 2 is 2.04 bits per heavy atom. The highest BCUT2D eigenvalue weighted by molar-refractivity contribution is 6.03. The average molecular weight is 338 g/mol. The van der Waals surface area contributed by atoms with Gasteiger partial charge in [-0.1, -0.05) is 26.0 Å². The molecule has 1 atom stereocenters. The maximum Gasteiger partial charge on any atom is 0.274 e. The number of amides is 1. The molecular weight excluding hydrogens is 312 g/mol. The number of carbonyl (C=O) groups is 1. The van der Waals surface area contributed by atoms with E-state index in [4.69, 9.17) is 0 Å². The Balaban J connectivity index is 1.77. The van der Waals surface area contributed by atoms with Crippen LogP contribution in [0.25, 0.3) is 0 Å². The first-order chi connectivity index (χ1) is 12.0. The summed E-state index contributed by atoms with van der Waals surface area (Å²) in [7, 11) is 0. The topological polar surface area (TPSA) is 58.1 Å². The number of hydrogen-bond acceptors (Lipinski definition) is 4. The van der Waals surface area contributed by atoms with Crippen LogP contribution in [-0.2, 0) is 6.42 Å². The number of carbonyl (C=O) groups excluding carboxylic acids is 1. The van der Waals surface area contributed by atoms with E-state index in [1.54, 1.807) is 6.07 Å². The van der Waals surface area contributed by atoms with Gasteiger partial charge in [0.05, 0.1) is 0 Å². The van der Waals surface area contributed by atoms with Crippen LogP contribution in [0.15, 0.2) is 30.3 Å². The van der Waals surface area contributed by atoms with Crippen molar-refractivity contribution in [1.82, 2.24) is 9.97 Å². The van der Waals surface area contributed by atoms with Crippen LogP contribution in [0.5, 0.6) is 0 Å². The Bertz CT molecular complexity index is 742. The second-order valence-corrected chi connectivity index (χ2v) is 6.89. The molecule has 0 saturated carbocycles. The van der Waals surface area contributed by atoms with Crippen LogP contribution in [0.1, 0.15) is 48.4 Å². The van der Waals surface area contributed by atoms with E-state index in [1.165, 1.54) is 12.0 Å². The van der Waals surface area contributed by atoms with E-state index in [0.717, 1.165) is 37.3 Å². The number of anilines is 2. The SMILES string of the molecule is CCc1ccc(NC(=O)c2cc(C)nc(N3CCCC(C)C3)n2)cc1. The summed E-state index contributed by atoms with van der Waals surface area (Å²) >= 11 is 0. The fourth-order valence-corrected chi connectivity index (χ4v) is 3.20. The van der Waals surface area contributed by atoms with Gasteiger partial charge < -0.3 is 10.2 Å². The molecule has 132 valence electrons. The quantitative estimate of drug-likeness (QED) is 0.920. The Morgan fingerprint density at radius 1 is 1.28 bits per heavy atom. The fourth-order valence-electron chi connectivity index (χ4n) is 3.20. The molecule has 0 bridgehead atoms. The van der Waals surface area contributed by atoms with Crippen molar-refractivity contribution in [2.75, 3.05) is 23.3 Å². The number of rotatable bonds is 4. The number of benzene rings is 1. The molecule has 25 heavy (non-hydrogen) atoms. The molecule has 1 aromatic carbocycles. The Morgan fingerprint density at radius 3 is 2.72 bits per heavy atom. The minimum Gasteiger partial charge on any atom is -0.341 e. The van der Waals surface area contributed by atoms with E-state index in [2.05, 4.69) is 34.0 Å². The van der Waals surface area contributed by atoms with Crippen LogP contribution < -0.4 is 10.2 Å². The van der Waals surface area contributed by atoms with Crippen LogP contribution in [0.4, 0.5) is 11.6 Å². The molecule has 1 aromatic heterocycles. The van der Waals surface area contributed by atoms with E-state index in [1.807, 2.05) is 31.2 Å². The minimum absolute atomic E-state index is 0.193. The molecule has 2 heterocycles. The van der Waals surface area contributed by atoms with Crippen LogP contribution in [0.3, 0.4) is 0 Å². The molecule has 1 saturated heterocycles. The predicted molar refractivity (Wildman–Crippen MR) is 101 cm³/mol. The van der Waals surface area contributed by atoms with Crippen LogP contribution >= 0.6 is 0 Å². The van der Waals surface area contributed by atoms with Gasteiger partial charge in [0.2, 0.25) is 5.95 Å². The molecule has 1 aliphatic rings. The number of aromatic nitrogens is 2. The molecular formula is C20H26N4O. The fraction of sp³-hybridized carbons (Fsp3) is 0.450. The third kappa shape index (κ3) is 4.35. The molecule has 1 fully saturated rings.